The topological polar surface area (TPSA) is 189 Å². The maximum absolute atomic E-state index is 13.5. The van der Waals surface area contributed by atoms with Crippen molar-refractivity contribution >= 4 is 29.6 Å². The standard InChI is InChI=1S/C35H41NO12/c1-33-14-12-23(37)18-22(33)8-9-24-25-13-15-35(42,34(25,2)19-26(38)32(24)33)29(39)20-46-30(40)11-7-21-6-10-27(28(17-21)45-3)48-31(41)5-4-16-47-36(43)44/h6-7,10-12,14,17-18,24-26,32,38,42H,4-5,8-9,13,15-16,19-20H2,1-3H3/b11-7+/t24-,25-,26-,32+,33-,34-,35-/m0/s1. The van der Waals surface area contributed by atoms with E-state index in [4.69, 9.17) is 14.2 Å². The molecule has 1 aromatic carbocycles. The molecule has 258 valence electrons. The number of methoxy groups -OCH3 is 1. The Kier molecular flexibility index (Phi) is 9.93. The van der Waals surface area contributed by atoms with E-state index in [-0.39, 0.29) is 67.3 Å². The van der Waals surface area contributed by atoms with Crippen molar-refractivity contribution in [3.8, 4) is 11.5 Å². The zero-order chi connectivity index (χ0) is 34.9. The summed E-state index contributed by atoms with van der Waals surface area (Å²) in [4.78, 5) is 64.6. The summed E-state index contributed by atoms with van der Waals surface area (Å²) in [6, 6.07) is 4.54. The molecule has 5 rings (SSSR count). The van der Waals surface area contributed by atoms with Crippen molar-refractivity contribution in [2.75, 3.05) is 20.3 Å². The molecule has 48 heavy (non-hydrogen) atoms. The highest BCUT2D eigenvalue weighted by Crippen LogP contribution is 2.67. The molecule has 7 atom stereocenters. The van der Waals surface area contributed by atoms with Crippen LogP contribution in [0.2, 0.25) is 0 Å². The number of aliphatic hydroxyl groups excluding tert-OH is 1. The first-order valence-electron chi connectivity index (χ1n) is 16.1. The van der Waals surface area contributed by atoms with Crippen LogP contribution in [0.15, 0.2) is 48.1 Å². The lowest BCUT2D eigenvalue weighted by Crippen LogP contribution is -2.61. The number of aliphatic hydroxyl groups is 2. The van der Waals surface area contributed by atoms with Gasteiger partial charge in [-0.05, 0) is 86.3 Å². The Morgan fingerprint density at radius 3 is 2.67 bits per heavy atom. The molecule has 0 heterocycles. The van der Waals surface area contributed by atoms with Crippen molar-refractivity contribution < 1.29 is 53.5 Å². The van der Waals surface area contributed by atoms with Gasteiger partial charge in [0.1, 0.15) is 5.60 Å². The van der Waals surface area contributed by atoms with Crippen LogP contribution in [-0.4, -0.2) is 70.8 Å². The van der Waals surface area contributed by atoms with Crippen molar-refractivity contribution in [3.63, 3.8) is 0 Å². The van der Waals surface area contributed by atoms with Gasteiger partial charge in [0.15, 0.2) is 23.9 Å². The predicted octanol–water partition coefficient (Wildman–Crippen LogP) is 3.72. The first kappa shape index (κ1) is 35.0. The van der Waals surface area contributed by atoms with Crippen LogP contribution in [0.3, 0.4) is 0 Å². The molecule has 4 aliphatic rings. The summed E-state index contributed by atoms with van der Waals surface area (Å²) in [7, 11) is 1.37. The van der Waals surface area contributed by atoms with Gasteiger partial charge in [0.2, 0.25) is 5.78 Å². The van der Waals surface area contributed by atoms with Gasteiger partial charge < -0.3 is 29.3 Å². The molecular weight excluding hydrogens is 626 g/mol. The van der Waals surface area contributed by atoms with E-state index in [9.17, 15) is 39.5 Å². The molecular formula is C35H41NO12. The largest absolute Gasteiger partial charge is 0.493 e. The highest BCUT2D eigenvalue weighted by atomic mass is 16.9. The second-order valence-electron chi connectivity index (χ2n) is 13.5. The van der Waals surface area contributed by atoms with Gasteiger partial charge in [0.25, 0.3) is 5.09 Å². The van der Waals surface area contributed by atoms with E-state index in [2.05, 4.69) is 11.8 Å². The van der Waals surface area contributed by atoms with Crippen LogP contribution in [-0.2, 0) is 28.8 Å². The van der Waals surface area contributed by atoms with Gasteiger partial charge in [-0.15, -0.1) is 10.1 Å². The number of esters is 2. The molecule has 2 N–H and O–H groups in total. The Hall–Kier alpha value is -4.36. The summed E-state index contributed by atoms with van der Waals surface area (Å²) in [5, 5.41) is 32.7. The molecule has 13 nitrogen and oxygen atoms in total. The van der Waals surface area contributed by atoms with Crippen LogP contribution in [0.1, 0.15) is 64.4 Å². The lowest BCUT2D eigenvalue weighted by molar-refractivity contribution is -0.757. The summed E-state index contributed by atoms with van der Waals surface area (Å²) in [6.45, 7) is 3.05. The fraction of sp³-hybridized carbons (Fsp3) is 0.543. The molecule has 0 aromatic heterocycles. The number of benzene rings is 1. The maximum Gasteiger partial charge on any atom is 0.331 e. The van der Waals surface area contributed by atoms with E-state index in [1.165, 1.54) is 25.3 Å². The monoisotopic (exact) mass is 667 g/mol. The summed E-state index contributed by atoms with van der Waals surface area (Å²) in [5.74, 6) is -1.90. The average molecular weight is 668 g/mol. The third-order valence-electron chi connectivity index (χ3n) is 11.0. The molecule has 0 unspecified atom stereocenters. The molecule has 3 fully saturated rings. The molecule has 0 radical (unpaired) electrons. The van der Waals surface area contributed by atoms with E-state index in [1.807, 2.05) is 13.0 Å². The summed E-state index contributed by atoms with van der Waals surface area (Å²) in [5.41, 5.74) is -1.62. The molecule has 0 bridgehead atoms. The van der Waals surface area contributed by atoms with E-state index >= 15 is 0 Å². The highest BCUT2D eigenvalue weighted by molar-refractivity contribution is 6.01. The third-order valence-corrected chi connectivity index (χ3v) is 11.0. The average Bonchev–Trinajstić information content (AvgIpc) is 3.31. The normalized spacial score (nSPS) is 32.0. The van der Waals surface area contributed by atoms with Crippen molar-refractivity contribution in [1.82, 2.24) is 0 Å². The number of hydrogen-bond donors (Lipinski definition) is 2. The second-order valence-corrected chi connectivity index (χ2v) is 13.5. The van der Waals surface area contributed by atoms with E-state index in [0.717, 1.165) is 18.1 Å². The smallest absolute Gasteiger partial charge is 0.331 e. The number of nitrogens with zero attached hydrogens (tertiary/aromatic N) is 1. The van der Waals surface area contributed by atoms with Crippen LogP contribution in [0.5, 0.6) is 11.5 Å². The molecule has 0 aliphatic heterocycles. The number of rotatable bonds is 12. The highest BCUT2D eigenvalue weighted by Gasteiger charge is 2.68. The zero-order valence-electron chi connectivity index (χ0n) is 27.2. The van der Waals surface area contributed by atoms with Crippen LogP contribution in [0.4, 0.5) is 0 Å². The van der Waals surface area contributed by atoms with Crippen LogP contribution < -0.4 is 9.47 Å². The van der Waals surface area contributed by atoms with Gasteiger partial charge in [-0.1, -0.05) is 31.6 Å². The molecule has 4 aliphatic carbocycles. The minimum absolute atomic E-state index is 0.0281. The summed E-state index contributed by atoms with van der Waals surface area (Å²) >= 11 is 0. The van der Waals surface area contributed by atoms with Crippen LogP contribution in [0, 0.1) is 38.7 Å². The second kappa shape index (κ2) is 13.6. The number of allylic oxidation sites excluding steroid dienone is 4. The molecule has 0 spiro atoms. The molecule has 3 saturated carbocycles. The first-order chi connectivity index (χ1) is 22.7. The van der Waals surface area contributed by atoms with Crippen LogP contribution in [0.25, 0.3) is 6.08 Å². The van der Waals surface area contributed by atoms with Crippen molar-refractivity contribution in [2.45, 2.75) is 70.5 Å². The van der Waals surface area contributed by atoms with Gasteiger partial charge >= 0.3 is 11.9 Å². The number of carbonyl (C=O) groups excluding carboxylic acids is 4. The fourth-order valence-electron chi connectivity index (χ4n) is 8.66. The van der Waals surface area contributed by atoms with Crippen molar-refractivity contribution in [3.05, 3.63) is 63.8 Å². The number of carbonyl (C=O) groups is 4. The first-order valence-corrected chi connectivity index (χ1v) is 16.1. The third kappa shape index (κ3) is 6.53. The van der Waals surface area contributed by atoms with Gasteiger partial charge in [0, 0.05) is 29.2 Å². The Morgan fingerprint density at radius 1 is 1.17 bits per heavy atom. The SMILES string of the molecule is COc1cc(/C=C/C(=O)OCC(=O)[C@@]2(O)CC[C@H]3[C@@H]4CCC5=CC(=O)C=C[C@]5(C)[C@H]4[C@@H](O)C[C@@]32C)ccc1OC(=O)CCCO[N+](=O)[O-]. The Bertz CT molecular complexity index is 1580. The Labute approximate surface area is 277 Å². The van der Waals surface area contributed by atoms with E-state index in [1.54, 1.807) is 18.2 Å². The molecule has 1 aromatic rings. The molecule has 0 amide bonds. The van der Waals surface area contributed by atoms with E-state index < -0.39 is 52.0 Å². The van der Waals surface area contributed by atoms with Gasteiger partial charge in [-0.25, -0.2) is 4.79 Å². The lowest BCUT2D eigenvalue weighted by Gasteiger charge is -2.59. The summed E-state index contributed by atoms with van der Waals surface area (Å²) < 4.78 is 15.8. The number of hydrogen-bond acceptors (Lipinski definition) is 12. The number of Topliss-reactive ketones (excluding diaryl/α,β-unsaturated/α-hetero) is 1. The minimum Gasteiger partial charge on any atom is -0.493 e. The van der Waals surface area contributed by atoms with Crippen LogP contribution >= 0.6 is 0 Å². The predicted molar refractivity (Wildman–Crippen MR) is 169 cm³/mol. The lowest BCUT2D eigenvalue weighted by atomic mass is 9.46. The van der Waals surface area contributed by atoms with E-state index in [0.29, 0.717) is 18.4 Å². The van der Waals surface area contributed by atoms with Gasteiger partial charge in [-0.3, -0.25) is 14.4 Å². The molecule has 0 saturated heterocycles. The van der Waals surface area contributed by atoms with Gasteiger partial charge in [-0.2, -0.15) is 0 Å². The number of fused-ring (bicyclic) bond motifs is 5. The van der Waals surface area contributed by atoms with Crippen molar-refractivity contribution in [1.29, 1.82) is 0 Å². The zero-order valence-corrected chi connectivity index (χ0v) is 27.2. The Morgan fingerprint density at radius 2 is 1.94 bits per heavy atom. The summed E-state index contributed by atoms with van der Waals surface area (Å²) in [6.07, 6.45) is 9.37. The maximum atomic E-state index is 13.5. The fourth-order valence-corrected chi connectivity index (χ4v) is 8.66. The van der Waals surface area contributed by atoms with Gasteiger partial charge in [0.05, 0.1) is 19.8 Å². The minimum atomic E-state index is -1.77. The molecule has 13 heteroatoms. The quantitative estimate of drug-likeness (QED) is 0.0822. The Balaban J connectivity index is 1.18. The number of ketones is 2. The number of ether oxygens (including phenoxy) is 3. The van der Waals surface area contributed by atoms with Crippen molar-refractivity contribution in [2.24, 2.45) is 28.6 Å².